The number of aryl methyl sites for hydroxylation is 2. The molecule has 1 fully saturated rings. The maximum absolute atomic E-state index is 6.18. The van der Waals surface area contributed by atoms with E-state index in [9.17, 15) is 0 Å². The Morgan fingerprint density at radius 2 is 1.87 bits per heavy atom. The predicted molar refractivity (Wildman–Crippen MR) is 91.4 cm³/mol. The fourth-order valence-corrected chi connectivity index (χ4v) is 3.00. The average molecular weight is 333 g/mol. The van der Waals surface area contributed by atoms with Crippen molar-refractivity contribution >= 4 is 17.4 Å². The molecule has 2 aromatic heterocycles. The van der Waals surface area contributed by atoms with Crippen molar-refractivity contribution in [3.8, 4) is 5.75 Å². The van der Waals surface area contributed by atoms with Gasteiger partial charge < -0.3 is 9.64 Å². The van der Waals surface area contributed by atoms with Crippen LogP contribution in [0.3, 0.4) is 0 Å². The zero-order chi connectivity index (χ0) is 16.4. The Kier molecular flexibility index (Phi) is 4.66. The summed E-state index contributed by atoms with van der Waals surface area (Å²) in [6.07, 6.45) is 3.91. The number of hydrogen-bond acceptors (Lipinski definition) is 5. The smallest absolute Gasteiger partial charge is 0.138 e. The topological polar surface area (TPSA) is 51.1 Å². The normalized spacial score (nSPS) is 15.7. The summed E-state index contributed by atoms with van der Waals surface area (Å²) in [5, 5.41) is 0.539. The summed E-state index contributed by atoms with van der Waals surface area (Å²) in [6.45, 7) is 7.61. The Bertz CT molecular complexity index is 682. The Hall–Kier alpha value is -1.88. The zero-order valence-corrected chi connectivity index (χ0v) is 14.5. The maximum Gasteiger partial charge on any atom is 0.138 e. The molecule has 0 aromatic carbocycles. The van der Waals surface area contributed by atoms with Crippen molar-refractivity contribution in [3.63, 3.8) is 0 Å². The fraction of sp³-hybridized carbons (Fsp3) is 0.471. The standard InChI is InChI=1S/C17H21ClN4O/c1-11-4-5-15(10-19-11)23-14-6-8-22(9-7-14)17-12(2)16(18)20-13(3)21-17/h4-5,10,14H,6-9H2,1-3H3. The number of ether oxygens (including phenoxy) is 1. The molecule has 3 heterocycles. The highest BCUT2D eigenvalue weighted by Gasteiger charge is 2.23. The number of aromatic nitrogens is 3. The lowest BCUT2D eigenvalue weighted by Gasteiger charge is -2.33. The number of pyridine rings is 1. The molecule has 0 spiro atoms. The molecular formula is C17H21ClN4O. The SMILES string of the molecule is Cc1ccc(OC2CCN(c3nc(C)nc(Cl)c3C)CC2)cn1. The average Bonchev–Trinajstić information content (AvgIpc) is 2.54. The number of rotatable bonds is 3. The molecule has 3 rings (SSSR count). The van der Waals surface area contributed by atoms with Crippen LogP contribution in [-0.2, 0) is 0 Å². The number of hydrogen-bond donors (Lipinski definition) is 0. The van der Waals surface area contributed by atoms with Crippen molar-refractivity contribution in [3.05, 3.63) is 40.6 Å². The summed E-state index contributed by atoms with van der Waals surface area (Å²) in [5.41, 5.74) is 1.94. The molecule has 122 valence electrons. The van der Waals surface area contributed by atoms with Gasteiger partial charge in [-0.2, -0.15) is 0 Å². The van der Waals surface area contributed by atoms with Crippen LogP contribution < -0.4 is 9.64 Å². The van der Waals surface area contributed by atoms with Crippen molar-refractivity contribution in [2.24, 2.45) is 0 Å². The monoisotopic (exact) mass is 332 g/mol. The largest absolute Gasteiger partial charge is 0.489 e. The minimum absolute atomic E-state index is 0.217. The molecule has 23 heavy (non-hydrogen) atoms. The Balaban J connectivity index is 1.63. The van der Waals surface area contributed by atoms with Crippen LogP contribution in [-0.4, -0.2) is 34.1 Å². The van der Waals surface area contributed by atoms with E-state index in [0.29, 0.717) is 11.0 Å². The van der Waals surface area contributed by atoms with Crippen LogP contribution in [0.25, 0.3) is 0 Å². The van der Waals surface area contributed by atoms with Gasteiger partial charge in [0.1, 0.15) is 28.6 Å². The molecule has 6 heteroatoms. The fourth-order valence-electron chi connectivity index (χ4n) is 2.79. The molecule has 2 aromatic rings. The number of nitrogens with zero attached hydrogens (tertiary/aromatic N) is 4. The summed E-state index contributed by atoms with van der Waals surface area (Å²) in [4.78, 5) is 15.3. The van der Waals surface area contributed by atoms with Gasteiger partial charge in [0, 0.05) is 37.2 Å². The summed E-state index contributed by atoms with van der Waals surface area (Å²) < 4.78 is 6.02. The van der Waals surface area contributed by atoms with E-state index in [1.54, 1.807) is 6.20 Å². The quantitative estimate of drug-likeness (QED) is 0.805. The van der Waals surface area contributed by atoms with Gasteiger partial charge in [-0.25, -0.2) is 9.97 Å². The van der Waals surface area contributed by atoms with Gasteiger partial charge in [0.05, 0.1) is 6.20 Å². The summed E-state index contributed by atoms with van der Waals surface area (Å²) in [6, 6.07) is 3.95. The van der Waals surface area contributed by atoms with Crippen LogP contribution in [0, 0.1) is 20.8 Å². The van der Waals surface area contributed by atoms with Gasteiger partial charge in [-0.15, -0.1) is 0 Å². The molecule has 5 nitrogen and oxygen atoms in total. The lowest BCUT2D eigenvalue weighted by atomic mass is 10.1. The highest BCUT2D eigenvalue weighted by molar-refractivity contribution is 6.30. The van der Waals surface area contributed by atoms with Gasteiger partial charge in [-0.1, -0.05) is 11.6 Å². The van der Waals surface area contributed by atoms with Gasteiger partial charge in [0.25, 0.3) is 0 Å². The second-order valence-electron chi connectivity index (χ2n) is 5.95. The van der Waals surface area contributed by atoms with Crippen LogP contribution >= 0.6 is 11.6 Å². The number of halogens is 1. The lowest BCUT2D eigenvalue weighted by Crippen LogP contribution is -2.39. The molecule has 0 atom stereocenters. The van der Waals surface area contributed by atoms with E-state index < -0.39 is 0 Å². The highest BCUT2D eigenvalue weighted by atomic mass is 35.5. The van der Waals surface area contributed by atoms with Crippen molar-refractivity contribution < 1.29 is 4.74 Å². The van der Waals surface area contributed by atoms with Crippen molar-refractivity contribution in [2.45, 2.75) is 39.7 Å². The van der Waals surface area contributed by atoms with Gasteiger partial charge in [0.15, 0.2) is 0 Å². The first-order valence-electron chi connectivity index (χ1n) is 7.88. The molecule has 0 radical (unpaired) electrons. The van der Waals surface area contributed by atoms with Gasteiger partial charge >= 0.3 is 0 Å². The van der Waals surface area contributed by atoms with E-state index in [0.717, 1.165) is 48.8 Å². The minimum atomic E-state index is 0.217. The van der Waals surface area contributed by atoms with Crippen LogP contribution in [0.5, 0.6) is 5.75 Å². The Labute approximate surface area is 141 Å². The summed E-state index contributed by atoms with van der Waals surface area (Å²) >= 11 is 6.18. The van der Waals surface area contributed by atoms with E-state index in [1.807, 2.05) is 32.9 Å². The van der Waals surface area contributed by atoms with Crippen LogP contribution in [0.2, 0.25) is 5.15 Å². The molecule has 0 amide bonds. The molecule has 1 aliphatic rings. The van der Waals surface area contributed by atoms with Crippen LogP contribution in [0.15, 0.2) is 18.3 Å². The summed E-state index contributed by atoms with van der Waals surface area (Å²) in [7, 11) is 0. The Morgan fingerprint density at radius 3 is 2.52 bits per heavy atom. The predicted octanol–water partition coefficient (Wildman–Crippen LogP) is 3.50. The second kappa shape index (κ2) is 6.71. The Morgan fingerprint density at radius 1 is 1.13 bits per heavy atom. The molecule has 0 aliphatic carbocycles. The zero-order valence-electron chi connectivity index (χ0n) is 13.7. The van der Waals surface area contributed by atoms with Crippen LogP contribution in [0.4, 0.5) is 5.82 Å². The first-order valence-corrected chi connectivity index (χ1v) is 8.25. The molecule has 0 N–H and O–H groups in total. The third kappa shape index (κ3) is 3.72. The van der Waals surface area contributed by atoms with Gasteiger partial charge in [0.2, 0.25) is 0 Å². The number of anilines is 1. The van der Waals surface area contributed by atoms with E-state index >= 15 is 0 Å². The third-order valence-corrected chi connectivity index (χ3v) is 4.47. The third-order valence-electron chi connectivity index (χ3n) is 4.10. The van der Waals surface area contributed by atoms with Crippen LogP contribution in [0.1, 0.15) is 29.9 Å². The van der Waals surface area contributed by atoms with E-state index in [-0.39, 0.29) is 6.10 Å². The number of piperidine rings is 1. The van der Waals surface area contributed by atoms with Gasteiger partial charge in [-0.3, -0.25) is 4.98 Å². The molecular weight excluding hydrogens is 312 g/mol. The van der Waals surface area contributed by atoms with Crippen molar-refractivity contribution in [1.29, 1.82) is 0 Å². The lowest BCUT2D eigenvalue weighted by molar-refractivity contribution is 0.170. The molecule has 0 bridgehead atoms. The molecule has 1 saturated heterocycles. The summed E-state index contributed by atoms with van der Waals surface area (Å²) in [5.74, 6) is 2.49. The molecule has 1 aliphatic heterocycles. The molecule has 0 saturated carbocycles. The van der Waals surface area contributed by atoms with Gasteiger partial charge in [-0.05, 0) is 32.9 Å². The van der Waals surface area contributed by atoms with Crippen molar-refractivity contribution in [2.75, 3.05) is 18.0 Å². The first kappa shape index (κ1) is 16.0. The first-order chi connectivity index (χ1) is 11.0. The minimum Gasteiger partial charge on any atom is -0.489 e. The second-order valence-corrected chi connectivity index (χ2v) is 6.31. The van der Waals surface area contributed by atoms with E-state index in [1.165, 1.54) is 0 Å². The molecule has 0 unspecified atom stereocenters. The van der Waals surface area contributed by atoms with E-state index in [2.05, 4.69) is 19.9 Å². The van der Waals surface area contributed by atoms with Crippen molar-refractivity contribution in [1.82, 2.24) is 15.0 Å². The van der Waals surface area contributed by atoms with E-state index in [4.69, 9.17) is 16.3 Å². The maximum atomic E-state index is 6.18. The highest BCUT2D eigenvalue weighted by Crippen LogP contribution is 2.27.